The molecule has 3 amide bonds. The SMILES string of the molecule is Nc1cscc1NC(=O)c1ccc(CN(CCCN2CCCC2)C(=O)NC2CCCC2)cn1. The summed E-state index contributed by atoms with van der Waals surface area (Å²) in [6.45, 7) is 4.54. The van der Waals surface area contributed by atoms with Crippen LogP contribution >= 0.6 is 11.3 Å². The van der Waals surface area contributed by atoms with Crippen molar-refractivity contribution in [3.8, 4) is 0 Å². The second-order valence-corrected chi connectivity index (χ2v) is 9.74. The van der Waals surface area contributed by atoms with Gasteiger partial charge in [-0.1, -0.05) is 18.9 Å². The number of pyridine rings is 1. The molecule has 2 fully saturated rings. The van der Waals surface area contributed by atoms with Gasteiger partial charge in [-0.2, -0.15) is 0 Å². The molecule has 2 aromatic heterocycles. The van der Waals surface area contributed by atoms with E-state index < -0.39 is 0 Å². The number of carbonyl (C=O) groups excluding carboxylic acids is 2. The lowest BCUT2D eigenvalue weighted by molar-refractivity contribution is 0.102. The predicted octanol–water partition coefficient (Wildman–Crippen LogP) is 3.92. The minimum absolute atomic E-state index is 0.00178. The van der Waals surface area contributed by atoms with Gasteiger partial charge in [0.2, 0.25) is 0 Å². The third kappa shape index (κ3) is 6.68. The average molecular weight is 471 g/mol. The van der Waals surface area contributed by atoms with Crippen molar-refractivity contribution in [2.45, 2.75) is 57.5 Å². The number of thiophene rings is 1. The molecule has 1 aliphatic carbocycles. The first-order valence-corrected chi connectivity index (χ1v) is 12.9. The van der Waals surface area contributed by atoms with E-state index in [1.807, 2.05) is 11.0 Å². The Labute approximate surface area is 199 Å². The summed E-state index contributed by atoms with van der Waals surface area (Å²) in [5.74, 6) is -0.298. The summed E-state index contributed by atoms with van der Waals surface area (Å²) in [7, 11) is 0. The number of anilines is 2. The normalized spacial score (nSPS) is 16.7. The van der Waals surface area contributed by atoms with Crippen LogP contribution < -0.4 is 16.4 Å². The van der Waals surface area contributed by atoms with E-state index in [0.29, 0.717) is 30.2 Å². The van der Waals surface area contributed by atoms with E-state index in [1.165, 1.54) is 50.1 Å². The first-order chi connectivity index (χ1) is 16.1. The highest BCUT2D eigenvalue weighted by Gasteiger charge is 2.22. The zero-order chi connectivity index (χ0) is 23.0. The van der Waals surface area contributed by atoms with Gasteiger partial charge in [0.15, 0.2) is 0 Å². The third-order valence-electron chi connectivity index (χ3n) is 6.44. The van der Waals surface area contributed by atoms with Crippen molar-refractivity contribution in [3.63, 3.8) is 0 Å². The van der Waals surface area contributed by atoms with Crippen molar-refractivity contribution in [2.24, 2.45) is 0 Å². The fourth-order valence-corrected chi connectivity index (χ4v) is 5.22. The molecule has 4 rings (SSSR count). The summed E-state index contributed by atoms with van der Waals surface area (Å²) in [6, 6.07) is 3.85. The molecule has 0 spiro atoms. The molecule has 0 radical (unpaired) electrons. The number of rotatable bonds is 9. The van der Waals surface area contributed by atoms with E-state index in [4.69, 9.17) is 5.73 Å². The first kappa shape index (κ1) is 23.5. The van der Waals surface area contributed by atoms with Crippen LogP contribution in [0.4, 0.5) is 16.2 Å². The van der Waals surface area contributed by atoms with Gasteiger partial charge in [-0.05, 0) is 63.4 Å². The van der Waals surface area contributed by atoms with Gasteiger partial charge in [0.1, 0.15) is 5.69 Å². The summed E-state index contributed by atoms with van der Waals surface area (Å²) >= 11 is 1.43. The Bertz CT molecular complexity index is 919. The number of nitrogens with two attached hydrogens (primary N) is 1. The number of hydrogen-bond acceptors (Lipinski definition) is 6. The molecule has 8 nitrogen and oxygen atoms in total. The van der Waals surface area contributed by atoms with Crippen LogP contribution in [0.25, 0.3) is 0 Å². The predicted molar refractivity (Wildman–Crippen MR) is 132 cm³/mol. The fraction of sp³-hybridized carbons (Fsp3) is 0.542. The van der Waals surface area contributed by atoms with Crippen LogP contribution in [0.2, 0.25) is 0 Å². The Balaban J connectivity index is 1.35. The summed E-state index contributed by atoms with van der Waals surface area (Å²) < 4.78 is 0. The Hall–Kier alpha value is -2.65. The molecule has 1 saturated heterocycles. The molecule has 0 atom stereocenters. The number of amides is 3. The van der Waals surface area contributed by atoms with Crippen LogP contribution in [0.1, 0.15) is 61.0 Å². The molecular weight excluding hydrogens is 436 g/mol. The number of carbonyl (C=O) groups is 2. The van der Waals surface area contributed by atoms with Gasteiger partial charge in [-0.15, -0.1) is 11.3 Å². The lowest BCUT2D eigenvalue weighted by Crippen LogP contribution is -2.44. The Morgan fingerprint density at radius 3 is 2.61 bits per heavy atom. The van der Waals surface area contributed by atoms with E-state index in [-0.39, 0.29) is 18.0 Å². The van der Waals surface area contributed by atoms with Gasteiger partial charge in [0, 0.05) is 36.1 Å². The molecule has 0 bridgehead atoms. The maximum Gasteiger partial charge on any atom is 0.317 e. The summed E-state index contributed by atoms with van der Waals surface area (Å²) in [6.07, 6.45) is 9.68. The smallest absolute Gasteiger partial charge is 0.317 e. The van der Waals surface area contributed by atoms with E-state index in [1.54, 1.807) is 23.0 Å². The summed E-state index contributed by atoms with van der Waals surface area (Å²) in [5, 5.41) is 9.58. The van der Waals surface area contributed by atoms with Crippen molar-refractivity contribution in [2.75, 3.05) is 37.2 Å². The molecule has 9 heteroatoms. The topological polar surface area (TPSA) is 104 Å². The monoisotopic (exact) mass is 470 g/mol. The van der Waals surface area contributed by atoms with Crippen LogP contribution in [0.5, 0.6) is 0 Å². The number of nitrogens with one attached hydrogen (secondary N) is 2. The third-order valence-corrected chi connectivity index (χ3v) is 7.20. The molecule has 1 saturated carbocycles. The largest absolute Gasteiger partial charge is 0.396 e. The van der Waals surface area contributed by atoms with Crippen molar-refractivity contribution in [1.29, 1.82) is 0 Å². The van der Waals surface area contributed by atoms with Crippen LogP contribution in [0, 0.1) is 0 Å². The van der Waals surface area contributed by atoms with Gasteiger partial charge in [0.25, 0.3) is 5.91 Å². The van der Waals surface area contributed by atoms with Gasteiger partial charge in [-0.25, -0.2) is 4.79 Å². The zero-order valence-electron chi connectivity index (χ0n) is 19.1. The zero-order valence-corrected chi connectivity index (χ0v) is 19.9. The lowest BCUT2D eigenvalue weighted by Gasteiger charge is -2.26. The highest BCUT2D eigenvalue weighted by molar-refractivity contribution is 7.09. The summed E-state index contributed by atoms with van der Waals surface area (Å²) in [4.78, 5) is 34.2. The first-order valence-electron chi connectivity index (χ1n) is 11.9. The van der Waals surface area contributed by atoms with Crippen LogP contribution in [-0.4, -0.2) is 58.9 Å². The minimum atomic E-state index is -0.298. The number of urea groups is 1. The van der Waals surface area contributed by atoms with E-state index in [2.05, 4.69) is 20.5 Å². The van der Waals surface area contributed by atoms with Gasteiger partial charge in [0.05, 0.1) is 11.4 Å². The van der Waals surface area contributed by atoms with Gasteiger partial charge >= 0.3 is 6.03 Å². The second kappa shape index (κ2) is 11.5. The van der Waals surface area contributed by atoms with Crippen molar-refractivity contribution < 1.29 is 9.59 Å². The van der Waals surface area contributed by atoms with Crippen LogP contribution in [0.15, 0.2) is 29.1 Å². The quantitative estimate of drug-likeness (QED) is 0.515. The number of nitrogens with zero attached hydrogens (tertiary/aromatic N) is 3. The molecular formula is C24H34N6O2S. The molecule has 3 heterocycles. The molecule has 0 unspecified atom stereocenters. The maximum atomic E-state index is 13.0. The Morgan fingerprint density at radius 1 is 1.15 bits per heavy atom. The van der Waals surface area contributed by atoms with Crippen LogP contribution in [0.3, 0.4) is 0 Å². The molecule has 2 aromatic rings. The van der Waals surface area contributed by atoms with Crippen molar-refractivity contribution in [3.05, 3.63) is 40.3 Å². The number of nitrogen functional groups attached to an aromatic ring is 1. The second-order valence-electron chi connectivity index (χ2n) is 9.00. The summed E-state index contributed by atoms with van der Waals surface area (Å²) in [5.41, 5.74) is 8.21. The Morgan fingerprint density at radius 2 is 1.94 bits per heavy atom. The van der Waals surface area contributed by atoms with Gasteiger partial charge < -0.3 is 26.2 Å². The molecule has 2 aliphatic rings. The lowest BCUT2D eigenvalue weighted by atomic mass is 10.2. The number of hydrogen-bond donors (Lipinski definition) is 3. The number of aromatic nitrogens is 1. The maximum absolute atomic E-state index is 13.0. The van der Waals surface area contributed by atoms with E-state index in [9.17, 15) is 9.59 Å². The highest BCUT2D eigenvalue weighted by Crippen LogP contribution is 2.23. The fourth-order valence-electron chi connectivity index (χ4n) is 4.55. The standard InChI is InChI=1S/C24H34N6O2S/c25-20-16-33-17-22(20)28-23(31)21-9-8-18(14-26-21)15-30(13-5-12-29-10-3-4-11-29)24(32)27-19-6-1-2-7-19/h8-9,14,16-17,19H,1-7,10-13,15,25H2,(H,27,32)(H,28,31). The molecule has 178 valence electrons. The van der Waals surface area contributed by atoms with Gasteiger partial charge in [-0.3, -0.25) is 9.78 Å². The minimum Gasteiger partial charge on any atom is -0.396 e. The number of likely N-dealkylation sites (tertiary alicyclic amines) is 1. The van der Waals surface area contributed by atoms with E-state index >= 15 is 0 Å². The Kier molecular flexibility index (Phi) is 8.17. The average Bonchev–Trinajstić information content (AvgIpc) is 3.58. The van der Waals surface area contributed by atoms with Crippen molar-refractivity contribution >= 4 is 34.6 Å². The molecule has 0 aromatic carbocycles. The molecule has 33 heavy (non-hydrogen) atoms. The van der Waals surface area contributed by atoms with Crippen molar-refractivity contribution in [1.82, 2.24) is 20.1 Å². The highest BCUT2D eigenvalue weighted by atomic mass is 32.1. The van der Waals surface area contributed by atoms with Crippen LogP contribution in [-0.2, 0) is 6.54 Å². The molecule has 4 N–H and O–H groups in total. The van der Waals surface area contributed by atoms with E-state index in [0.717, 1.165) is 31.4 Å². The molecule has 1 aliphatic heterocycles.